The number of carbonyl (C=O) groups excluding carboxylic acids is 1. The summed E-state index contributed by atoms with van der Waals surface area (Å²) in [6, 6.07) is -0.935. The predicted octanol–water partition coefficient (Wildman–Crippen LogP) is -2.94. The van der Waals surface area contributed by atoms with Gasteiger partial charge in [-0.05, 0) is 10.6 Å². The summed E-state index contributed by atoms with van der Waals surface area (Å²) in [7, 11) is -2.51. The summed E-state index contributed by atoms with van der Waals surface area (Å²) >= 11 is 0. The smallest absolute Gasteiger partial charge is 0.390 e. The topological polar surface area (TPSA) is 186 Å². The van der Waals surface area contributed by atoms with Gasteiger partial charge < -0.3 is 40.7 Å². The summed E-state index contributed by atoms with van der Waals surface area (Å²) in [6.45, 7) is 0.757. The Morgan fingerprint density at radius 3 is 2.46 bits per heavy atom. The highest BCUT2D eigenvalue weighted by Gasteiger charge is 2.45. The first-order valence-corrected chi connectivity index (χ1v) is 9.11. The number of aliphatic hydroxyl groups excluding tert-OH is 6. The van der Waals surface area contributed by atoms with Crippen LogP contribution < -0.4 is 5.32 Å². The normalized spacial score (nSPS) is 41.3. The fraction of sp³-hybridized carbons (Fsp3) is 0.786. The van der Waals surface area contributed by atoms with Gasteiger partial charge >= 0.3 is 8.03 Å². The van der Waals surface area contributed by atoms with E-state index in [1.165, 1.54) is 13.0 Å². The second-order valence-corrected chi connectivity index (χ2v) is 7.58. The van der Waals surface area contributed by atoms with Crippen LogP contribution >= 0.6 is 8.03 Å². The molecule has 0 aromatic heterocycles. The van der Waals surface area contributed by atoms with Crippen LogP contribution in [0.25, 0.3) is 0 Å². The zero-order chi connectivity index (χ0) is 19.6. The van der Waals surface area contributed by atoms with Crippen molar-refractivity contribution in [2.75, 3.05) is 6.61 Å². The molecule has 1 heterocycles. The first-order chi connectivity index (χ1) is 12.1. The number of hydrogen-bond acceptors (Lipinski definition) is 10. The van der Waals surface area contributed by atoms with Crippen LogP contribution in [0.4, 0.5) is 0 Å². The summed E-state index contributed by atoms with van der Waals surface area (Å²) in [5, 5.41) is 60.7. The summed E-state index contributed by atoms with van der Waals surface area (Å²) in [6.07, 6.45) is -9.26. The van der Waals surface area contributed by atoms with Crippen molar-refractivity contribution in [1.29, 1.82) is 0 Å². The molecule has 2 aliphatic rings. The summed E-state index contributed by atoms with van der Waals surface area (Å²) < 4.78 is 22.2. The zero-order valence-corrected chi connectivity index (χ0v) is 14.8. The van der Waals surface area contributed by atoms with Crippen molar-refractivity contribution in [3.05, 3.63) is 11.4 Å². The van der Waals surface area contributed by atoms with Crippen LogP contribution in [0.3, 0.4) is 0 Å². The van der Waals surface area contributed by atoms with Crippen LogP contribution in [0.2, 0.25) is 0 Å². The van der Waals surface area contributed by atoms with E-state index in [0.29, 0.717) is 0 Å². The van der Waals surface area contributed by atoms with E-state index in [1.807, 2.05) is 0 Å². The van der Waals surface area contributed by atoms with Crippen molar-refractivity contribution < 1.29 is 49.3 Å². The lowest BCUT2D eigenvalue weighted by Crippen LogP contribution is -2.58. The third kappa shape index (κ3) is 4.83. The Bertz CT molecular complexity index is 572. The van der Waals surface area contributed by atoms with Gasteiger partial charge in [-0.3, -0.25) is 4.79 Å². The minimum atomic E-state index is -2.51. The molecule has 7 N–H and O–H groups in total. The molecular formula is C14H23NO10P+. The molecule has 12 heteroatoms. The molecule has 0 radical (unpaired) electrons. The maximum atomic E-state index is 12.2. The lowest BCUT2D eigenvalue weighted by Gasteiger charge is -2.37. The van der Waals surface area contributed by atoms with Gasteiger partial charge in [0.1, 0.15) is 31.0 Å². The lowest BCUT2D eigenvalue weighted by atomic mass is 9.95. The van der Waals surface area contributed by atoms with Gasteiger partial charge in [-0.1, -0.05) is 0 Å². The molecule has 2 unspecified atom stereocenters. The lowest BCUT2D eigenvalue weighted by molar-refractivity contribution is -0.285. The van der Waals surface area contributed by atoms with E-state index in [-0.39, 0.29) is 11.7 Å². The number of rotatable bonds is 5. The zero-order valence-electron chi connectivity index (χ0n) is 13.9. The van der Waals surface area contributed by atoms with Crippen molar-refractivity contribution in [2.45, 2.75) is 62.3 Å². The van der Waals surface area contributed by atoms with E-state index in [0.717, 1.165) is 0 Å². The number of amides is 1. The molecule has 1 saturated heterocycles. The Labute approximate surface area is 149 Å². The van der Waals surface area contributed by atoms with Crippen LogP contribution in [0, 0.1) is 0 Å². The van der Waals surface area contributed by atoms with Gasteiger partial charge in [-0.2, -0.15) is 0 Å². The van der Waals surface area contributed by atoms with Gasteiger partial charge in [0.2, 0.25) is 11.2 Å². The van der Waals surface area contributed by atoms with E-state index in [9.17, 15) is 40.0 Å². The van der Waals surface area contributed by atoms with Gasteiger partial charge in [0.15, 0.2) is 6.29 Å². The Hall–Kier alpha value is -1.01. The third-order valence-corrected chi connectivity index (χ3v) is 5.40. The maximum absolute atomic E-state index is 12.2. The second kappa shape index (κ2) is 8.79. The van der Waals surface area contributed by atoms with Crippen LogP contribution in [0.15, 0.2) is 11.4 Å². The first-order valence-electron chi connectivity index (χ1n) is 7.93. The quantitative estimate of drug-likeness (QED) is 0.237. The average molecular weight is 396 g/mol. The minimum absolute atomic E-state index is 0.105. The molecule has 9 atom stereocenters. The van der Waals surface area contributed by atoms with Crippen molar-refractivity contribution >= 4 is 13.9 Å². The number of aliphatic hydroxyl groups is 6. The van der Waals surface area contributed by atoms with Crippen molar-refractivity contribution in [3.63, 3.8) is 0 Å². The fourth-order valence-electron chi connectivity index (χ4n) is 2.78. The molecule has 11 nitrogen and oxygen atoms in total. The fourth-order valence-corrected chi connectivity index (χ4v) is 3.84. The Morgan fingerprint density at radius 2 is 1.88 bits per heavy atom. The third-order valence-electron chi connectivity index (χ3n) is 4.21. The Morgan fingerprint density at radius 1 is 1.23 bits per heavy atom. The molecule has 1 aliphatic carbocycles. The van der Waals surface area contributed by atoms with Gasteiger partial charge in [-0.15, -0.1) is 4.52 Å². The van der Waals surface area contributed by atoms with E-state index in [1.54, 1.807) is 0 Å². The second-order valence-electron chi connectivity index (χ2n) is 6.24. The molecule has 0 spiro atoms. The van der Waals surface area contributed by atoms with Crippen molar-refractivity contribution in [3.8, 4) is 0 Å². The highest BCUT2D eigenvalue weighted by molar-refractivity contribution is 7.44. The minimum Gasteiger partial charge on any atom is -0.390 e. The number of nitrogens with one attached hydrogen (secondary N) is 1. The van der Waals surface area contributed by atoms with E-state index < -0.39 is 69.5 Å². The van der Waals surface area contributed by atoms with Crippen LogP contribution in [-0.2, 0) is 18.6 Å². The molecule has 0 bridgehead atoms. The van der Waals surface area contributed by atoms with Gasteiger partial charge in [0.05, 0.1) is 18.2 Å². The first kappa shape index (κ1) is 21.3. The van der Waals surface area contributed by atoms with Crippen LogP contribution in [-0.4, -0.2) is 92.1 Å². The standard InChI is InChI=1S/C14H22NO10P/c1-5(16)15-10-7(17)2-6(3-8(10)18)26(23)24-4-9-11(19)12(20)13(21)14(22)25-9/h2,7-14,17-22H,3-4H2,1H3/p+1/t7-,8+,9-,10+,11+,12+,13-,14?/m1/s1. The Kier molecular flexibility index (Phi) is 7.19. The molecular weight excluding hydrogens is 373 g/mol. The number of ether oxygens (including phenoxy) is 1. The van der Waals surface area contributed by atoms with Gasteiger partial charge in [-0.25, -0.2) is 0 Å². The summed E-state index contributed by atoms with van der Waals surface area (Å²) in [5.41, 5.74) is 0. The SMILES string of the molecule is CC(=O)N[C@H]1[C@H](O)C=C([P+](=O)OC[C@H]2OC(O)[C@H](O)[C@@H](O)[C@H]2O)C[C@@H]1O. The average Bonchev–Trinajstić information content (AvgIpc) is 2.57. The van der Waals surface area contributed by atoms with E-state index >= 15 is 0 Å². The largest absolute Gasteiger partial charge is 0.544 e. The predicted molar refractivity (Wildman–Crippen MR) is 84.8 cm³/mol. The van der Waals surface area contributed by atoms with Crippen molar-refractivity contribution in [2.24, 2.45) is 0 Å². The Balaban J connectivity index is 1.95. The molecule has 0 aromatic rings. The molecule has 2 rings (SSSR count). The number of carbonyl (C=O) groups is 1. The molecule has 0 aromatic carbocycles. The van der Waals surface area contributed by atoms with Gasteiger partial charge in [0, 0.05) is 13.3 Å². The van der Waals surface area contributed by atoms with E-state index in [2.05, 4.69) is 5.32 Å². The highest BCUT2D eigenvalue weighted by Crippen LogP contribution is 2.40. The molecule has 0 saturated carbocycles. The molecule has 148 valence electrons. The number of hydrogen-bond donors (Lipinski definition) is 7. The van der Waals surface area contributed by atoms with Crippen molar-refractivity contribution in [1.82, 2.24) is 5.32 Å². The molecule has 1 fully saturated rings. The molecule has 1 aliphatic heterocycles. The highest BCUT2D eigenvalue weighted by atomic mass is 31.1. The summed E-state index contributed by atoms with van der Waals surface area (Å²) in [5.74, 6) is -0.437. The monoisotopic (exact) mass is 396 g/mol. The molecule has 1 amide bonds. The van der Waals surface area contributed by atoms with Crippen LogP contribution in [0.1, 0.15) is 13.3 Å². The maximum Gasteiger partial charge on any atom is 0.544 e. The van der Waals surface area contributed by atoms with E-state index in [4.69, 9.17) is 9.26 Å². The summed E-state index contributed by atoms with van der Waals surface area (Å²) in [4.78, 5) is 11.1. The van der Waals surface area contributed by atoms with Gasteiger partial charge in [0.25, 0.3) is 0 Å². The molecule has 26 heavy (non-hydrogen) atoms. The van der Waals surface area contributed by atoms with Crippen LogP contribution in [0.5, 0.6) is 0 Å².